The van der Waals surface area contributed by atoms with Gasteiger partial charge in [0.05, 0.1) is 13.0 Å². The molecule has 12 heteroatoms. The summed E-state index contributed by atoms with van der Waals surface area (Å²) in [6, 6.07) is 2.33. The number of nitrogens with one attached hydrogen (secondary N) is 2. The summed E-state index contributed by atoms with van der Waals surface area (Å²) in [4.78, 5) is 61.7. The molecule has 0 spiro atoms. The van der Waals surface area contributed by atoms with Crippen LogP contribution in [0.15, 0.2) is 24.3 Å². The molecule has 0 saturated carbocycles. The number of carboxylic acids is 1. The number of aliphatic carboxylic acids is 1. The fraction of sp³-hybridized carbons (Fsp3) is 0.450. The molecular weight excluding hydrogens is 422 g/mol. The average Bonchev–Trinajstić information content (AvgIpc) is 3.23. The monoisotopic (exact) mass is 449 g/mol. The first-order valence-corrected chi connectivity index (χ1v) is 10.0. The van der Waals surface area contributed by atoms with E-state index in [-0.39, 0.29) is 31.7 Å². The zero-order valence-electron chi connectivity index (χ0n) is 17.3. The largest absolute Gasteiger partial charge is 0.508 e. The quantitative estimate of drug-likeness (QED) is 0.231. The van der Waals surface area contributed by atoms with Crippen LogP contribution in [0.4, 0.5) is 0 Å². The van der Waals surface area contributed by atoms with Gasteiger partial charge < -0.3 is 37.2 Å². The van der Waals surface area contributed by atoms with E-state index in [9.17, 15) is 34.2 Å². The number of carboxylic acid groups (broad SMARTS) is 1. The van der Waals surface area contributed by atoms with Crippen molar-refractivity contribution < 1.29 is 34.2 Å². The molecule has 3 unspecified atom stereocenters. The molecule has 4 amide bonds. The molecule has 1 saturated heterocycles. The maximum absolute atomic E-state index is 12.9. The van der Waals surface area contributed by atoms with Crippen LogP contribution in [0.1, 0.15) is 24.8 Å². The van der Waals surface area contributed by atoms with Gasteiger partial charge in [0.2, 0.25) is 23.6 Å². The second-order valence-electron chi connectivity index (χ2n) is 7.45. The van der Waals surface area contributed by atoms with Gasteiger partial charge in [-0.1, -0.05) is 12.1 Å². The molecule has 0 bridgehead atoms. The lowest BCUT2D eigenvalue weighted by atomic mass is 10.0. The van der Waals surface area contributed by atoms with Gasteiger partial charge in [0.25, 0.3) is 0 Å². The lowest BCUT2D eigenvalue weighted by molar-refractivity contribution is -0.149. The molecule has 1 aliphatic rings. The predicted molar refractivity (Wildman–Crippen MR) is 111 cm³/mol. The summed E-state index contributed by atoms with van der Waals surface area (Å²) in [5.74, 6) is -4.16. The number of nitrogens with zero attached hydrogens (tertiary/aromatic N) is 1. The van der Waals surface area contributed by atoms with Gasteiger partial charge in [-0.25, -0.2) is 4.79 Å². The minimum Gasteiger partial charge on any atom is -0.508 e. The van der Waals surface area contributed by atoms with Gasteiger partial charge in [0.15, 0.2) is 0 Å². The second-order valence-corrected chi connectivity index (χ2v) is 7.45. The predicted octanol–water partition coefficient (Wildman–Crippen LogP) is -2.19. The molecule has 1 aliphatic heterocycles. The molecule has 174 valence electrons. The van der Waals surface area contributed by atoms with Crippen LogP contribution < -0.4 is 22.1 Å². The third kappa shape index (κ3) is 6.67. The van der Waals surface area contributed by atoms with Crippen LogP contribution in [-0.4, -0.2) is 75.9 Å². The highest BCUT2D eigenvalue weighted by molar-refractivity contribution is 5.96. The Morgan fingerprint density at radius 1 is 1.09 bits per heavy atom. The molecule has 1 aromatic carbocycles. The second kappa shape index (κ2) is 11.1. The fourth-order valence-corrected chi connectivity index (χ4v) is 3.49. The molecular formula is C20H27N5O7. The van der Waals surface area contributed by atoms with Crippen molar-refractivity contribution in [3.8, 4) is 5.75 Å². The van der Waals surface area contributed by atoms with Crippen LogP contribution in [0.2, 0.25) is 0 Å². The number of primary amides is 1. The number of carbonyl (C=O) groups is 5. The highest BCUT2D eigenvalue weighted by Crippen LogP contribution is 2.19. The summed E-state index contributed by atoms with van der Waals surface area (Å²) >= 11 is 0. The highest BCUT2D eigenvalue weighted by atomic mass is 16.4. The van der Waals surface area contributed by atoms with Gasteiger partial charge in [0.1, 0.15) is 23.9 Å². The molecule has 3 atom stereocenters. The van der Waals surface area contributed by atoms with Crippen molar-refractivity contribution in [3.63, 3.8) is 0 Å². The van der Waals surface area contributed by atoms with E-state index in [1.54, 1.807) is 12.1 Å². The van der Waals surface area contributed by atoms with E-state index in [1.807, 2.05) is 0 Å². The van der Waals surface area contributed by atoms with Crippen molar-refractivity contribution in [2.75, 3.05) is 13.1 Å². The molecule has 1 fully saturated rings. The van der Waals surface area contributed by atoms with E-state index in [1.165, 1.54) is 12.1 Å². The molecule has 0 aromatic heterocycles. The van der Waals surface area contributed by atoms with Crippen molar-refractivity contribution >= 4 is 29.6 Å². The van der Waals surface area contributed by atoms with Crippen molar-refractivity contribution in [1.82, 2.24) is 15.5 Å². The topological polar surface area (TPSA) is 205 Å². The van der Waals surface area contributed by atoms with Gasteiger partial charge in [-0.2, -0.15) is 0 Å². The van der Waals surface area contributed by atoms with E-state index in [4.69, 9.17) is 11.5 Å². The number of hydrogen-bond acceptors (Lipinski definition) is 7. The molecule has 32 heavy (non-hydrogen) atoms. The summed E-state index contributed by atoms with van der Waals surface area (Å²) in [6.45, 7) is -0.209. The van der Waals surface area contributed by atoms with Crippen LogP contribution in [0.25, 0.3) is 0 Å². The summed E-state index contributed by atoms with van der Waals surface area (Å²) in [5, 5.41) is 23.6. The third-order valence-corrected chi connectivity index (χ3v) is 5.05. The standard InChI is InChI=1S/C20H27N5O7/c21-10-17(28)23-13(8-11-3-5-12(26)6-4-11)18(29)24-14(9-16(22)27)19(30)25-7-1-2-15(25)20(31)32/h3-6,13-15,26H,1-2,7-10,21H2,(H2,22,27)(H,23,28)(H,24,29)(H,31,32). The maximum Gasteiger partial charge on any atom is 0.326 e. The number of nitrogens with two attached hydrogens (primary N) is 2. The number of likely N-dealkylation sites (tertiary alicyclic amines) is 1. The van der Waals surface area contributed by atoms with Crippen molar-refractivity contribution in [1.29, 1.82) is 0 Å². The highest BCUT2D eigenvalue weighted by Gasteiger charge is 2.38. The van der Waals surface area contributed by atoms with Gasteiger partial charge in [-0.05, 0) is 30.5 Å². The summed E-state index contributed by atoms with van der Waals surface area (Å²) in [6.07, 6.45) is 0.200. The molecule has 0 radical (unpaired) electrons. The van der Waals surface area contributed by atoms with Crippen molar-refractivity contribution in [3.05, 3.63) is 29.8 Å². The number of benzene rings is 1. The third-order valence-electron chi connectivity index (χ3n) is 5.05. The molecule has 8 N–H and O–H groups in total. The Hall–Kier alpha value is -3.67. The first kappa shape index (κ1) is 24.6. The number of carbonyl (C=O) groups excluding carboxylic acids is 4. The Morgan fingerprint density at radius 3 is 2.31 bits per heavy atom. The molecule has 0 aliphatic carbocycles. The Morgan fingerprint density at radius 2 is 1.75 bits per heavy atom. The normalized spacial score (nSPS) is 17.3. The number of aromatic hydroxyl groups is 1. The number of phenolic OH excluding ortho intramolecular Hbond substituents is 1. The lowest BCUT2D eigenvalue weighted by Crippen LogP contribution is -2.57. The first-order chi connectivity index (χ1) is 15.1. The van der Waals surface area contributed by atoms with Gasteiger partial charge >= 0.3 is 5.97 Å². The van der Waals surface area contributed by atoms with E-state index >= 15 is 0 Å². The molecule has 1 aromatic rings. The van der Waals surface area contributed by atoms with Crippen molar-refractivity contribution in [2.45, 2.75) is 43.8 Å². The Kier molecular flexibility index (Phi) is 8.53. The molecule has 12 nitrogen and oxygen atoms in total. The number of amides is 4. The Bertz CT molecular complexity index is 874. The number of hydrogen-bond donors (Lipinski definition) is 6. The zero-order chi connectivity index (χ0) is 23.8. The Labute approximate surface area is 183 Å². The van der Waals surface area contributed by atoms with Crippen LogP contribution in [0.3, 0.4) is 0 Å². The number of phenols is 1. The van der Waals surface area contributed by atoms with Gasteiger partial charge in [-0.15, -0.1) is 0 Å². The smallest absolute Gasteiger partial charge is 0.326 e. The van der Waals surface area contributed by atoms with Gasteiger partial charge in [0, 0.05) is 13.0 Å². The van der Waals surface area contributed by atoms with E-state index in [2.05, 4.69) is 10.6 Å². The fourth-order valence-electron chi connectivity index (χ4n) is 3.49. The Balaban J connectivity index is 2.21. The summed E-state index contributed by atoms with van der Waals surface area (Å²) in [7, 11) is 0. The van der Waals surface area contributed by atoms with Crippen LogP contribution >= 0.6 is 0 Å². The SMILES string of the molecule is NCC(=O)NC(Cc1ccc(O)cc1)C(=O)NC(CC(N)=O)C(=O)N1CCCC1C(=O)O. The minimum atomic E-state index is -1.39. The van der Waals surface area contributed by atoms with Crippen LogP contribution in [0, 0.1) is 0 Å². The van der Waals surface area contributed by atoms with Crippen molar-refractivity contribution in [2.24, 2.45) is 11.5 Å². The molecule has 2 rings (SSSR count). The van der Waals surface area contributed by atoms with E-state index < -0.39 is 54.1 Å². The van der Waals surface area contributed by atoms with Gasteiger partial charge in [-0.3, -0.25) is 19.2 Å². The van der Waals surface area contributed by atoms with E-state index in [0.717, 1.165) is 4.90 Å². The maximum atomic E-state index is 12.9. The summed E-state index contributed by atoms with van der Waals surface area (Å²) in [5.41, 5.74) is 11.2. The number of rotatable bonds is 10. The minimum absolute atomic E-state index is 0.0107. The van der Waals surface area contributed by atoms with Crippen LogP contribution in [-0.2, 0) is 30.4 Å². The first-order valence-electron chi connectivity index (χ1n) is 10.0. The zero-order valence-corrected chi connectivity index (χ0v) is 17.3. The average molecular weight is 449 g/mol. The lowest BCUT2D eigenvalue weighted by Gasteiger charge is -2.28. The summed E-state index contributed by atoms with van der Waals surface area (Å²) < 4.78 is 0. The van der Waals surface area contributed by atoms with E-state index in [0.29, 0.717) is 12.0 Å². The van der Waals surface area contributed by atoms with Crippen LogP contribution in [0.5, 0.6) is 5.75 Å². The molecule has 1 heterocycles.